The van der Waals surface area contributed by atoms with Crippen molar-refractivity contribution in [3.05, 3.63) is 52.0 Å². The molecule has 148 valence electrons. The number of nitrogens with zero attached hydrogens (tertiary/aromatic N) is 2. The second kappa shape index (κ2) is 7.66. The standard InChI is InChI=1S/C22H27N3O2S/c1-3-9-23-21(27)22(11-17-13-28-14-24-17)12-18-7-8-19(22)25(18)20(26)16-6-4-5-15(2)10-16/h4-6,10,13-14,18-19H,3,7-9,11-12H2,1-2H3,(H,23,27)/t18-,19+,22+/m1/s1. The van der Waals surface area contributed by atoms with Gasteiger partial charge in [0.05, 0.1) is 16.6 Å². The van der Waals surface area contributed by atoms with E-state index in [0.717, 1.165) is 42.5 Å². The van der Waals surface area contributed by atoms with E-state index < -0.39 is 5.41 Å². The molecule has 2 amide bonds. The molecule has 0 saturated carbocycles. The topological polar surface area (TPSA) is 62.3 Å². The fourth-order valence-corrected chi connectivity index (χ4v) is 5.55. The van der Waals surface area contributed by atoms with Crippen LogP contribution in [0, 0.1) is 12.3 Å². The summed E-state index contributed by atoms with van der Waals surface area (Å²) in [5.74, 6) is 0.135. The van der Waals surface area contributed by atoms with Gasteiger partial charge in [-0.05, 0) is 44.7 Å². The molecule has 6 heteroatoms. The lowest BCUT2D eigenvalue weighted by atomic mass is 9.70. The van der Waals surface area contributed by atoms with Crippen molar-refractivity contribution in [3.8, 4) is 0 Å². The van der Waals surface area contributed by atoms with Crippen molar-refractivity contribution in [2.75, 3.05) is 6.54 Å². The van der Waals surface area contributed by atoms with E-state index in [1.807, 2.05) is 47.0 Å². The van der Waals surface area contributed by atoms with E-state index in [4.69, 9.17) is 0 Å². The number of aryl methyl sites for hydroxylation is 1. The third-order valence-electron chi connectivity index (χ3n) is 6.21. The molecule has 4 rings (SSSR count). The van der Waals surface area contributed by atoms with Gasteiger partial charge in [-0.1, -0.05) is 24.6 Å². The van der Waals surface area contributed by atoms with E-state index >= 15 is 0 Å². The second-order valence-electron chi connectivity index (χ2n) is 8.10. The normalized spacial score (nSPS) is 25.9. The van der Waals surface area contributed by atoms with Crippen molar-refractivity contribution >= 4 is 23.2 Å². The van der Waals surface area contributed by atoms with E-state index in [-0.39, 0.29) is 23.9 Å². The predicted octanol–water partition coefficient (Wildman–Crippen LogP) is 3.58. The second-order valence-corrected chi connectivity index (χ2v) is 8.82. The highest BCUT2D eigenvalue weighted by molar-refractivity contribution is 7.07. The van der Waals surface area contributed by atoms with Crippen LogP contribution < -0.4 is 5.32 Å². The predicted molar refractivity (Wildman–Crippen MR) is 110 cm³/mol. The van der Waals surface area contributed by atoms with Gasteiger partial charge in [0.25, 0.3) is 5.91 Å². The zero-order valence-electron chi connectivity index (χ0n) is 16.5. The van der Waals surface area contributed by atoms with Gasteiger partial charge >= 0.3 is 0 Å². The van der Waals surface area contributed by atoms with E-state index in [2.05, 4.69) is 17.2 Å². The largest absolute Gasteiger partial charge is 0.356 e. The number of fused-ring (bicyclic) bond motifs is 2. The lowest BCUT2D eigenvalue weighted by molar-refractivity contribution is -0.132. The molecule has 2 aliphatic rings. The number of amides is 2. The van der Waals surface area contributed by atoms with Crippen LogP contribution in [0.15, 0.2) is 35.2 Å². The molecule has 2 aliphatic heterocycles. The summed E-state index contributed by atoms with van der Waals surface area (Å²) in [5, 5.41) is 5.14. The van der Waals surface area contributed by atoms with Gasteiger partial charge in [0.1, 0.15) is 0 Å². The Bertz CT molecular complexity index is 866. The Labute approximate surface area is 170 Å². The van der Waals surface area contributed by atoms with E-state index in [0.29, 0.717) is 13.0 Å². The molecule has 1 aromatic carbocycles. The summed E-state index contributed by atoms with van der Waals surface area (Å²) in [6.07, 6.45) is 4.08. The Kier molecular flexibility index (Phi) is 5.23. The van der Waals surface area contributed by atoms with E-state index in [1.54, 1.807) is 11.3 Å². The molecule has 3 atom stereocenters. The Morgan fingerprint density at radius 3 is 2.93 bits per heavy atom. The first-order chi connectivity index (χ1) is 13.5. The van der Waals surface area contributed by atoms with Gasteiger partial charge in [0.2, 0.25) is 5.91 Å². The number of hydrogen-bond acceptors (Lipinski definition) is 4. The van der Waals surface area contributed by atoms with Crippen molar-refractivity contribution in [1.82, 2.24) is 15.2 Å². The van der Waals surface area contributed by atoms with Crippen LogP contribution in [0.2, 0.25) is 0 Å². The van der Waals surface area contributed by atoms with Crippen LogP contribution in [0.3, 0.4) is 0 Å². The molecule has 2 saturated heterocycles. The molecular weight excluding hydrogens is 370 g/mol. The van der Waals surface area contributed by atoms with E-state index in [9.17, 15) is 9.59 Å². The summed E-state index contributed by atoms with van der Waals surface area (Å²) in [5.41, 5.74) is 3.98. The highest BCUT2D eigenvalue weighted by Gasteiger charge is 2.61. The number of thiazole rings is 1. The number of hydrogen-bond donors (Lipinski definition) is 1. The third-order valence-corrected chi connectivity index (χ3v) is 6.84. The molecule has 5 nitrogen and oxygen atoms in total. The minimum atomic E-state index is -0.578. The number of nitrogens with one attached hydrogen (secondary N) is 1. The van der Waals surface area contributed by atoms with Gasteiger partial charge in [0, 0.05) is 36.0 Å². The summed E-state index contributed by atoms with van der Waals surface area (Å²) < 4.78 is 0. The quantitative estimate of drug-likeness (QED) is 0.810. The summed E-state index contributed by atoms with van der Waals surface area (Å²) in [7, 11) is 0. The smallest absolute Gasteiger partial charge is 0.254 e. The van der Waals surface area contributed by atoms with Gasteiger partial charge in [-0.2, -0.15) is 0 Å². The zero-order chi connectivity index (χ0) is 19.7. The lowest BCUT2D eigenvalue weighted by Crippen LogP contribution is -2.51. The van der Waals surface area contributed by atoms with Crippen LogP contribution in [0.25, 0.3) is 0 Å². The van der Waals surface area contributed by atoms with Gasteiger partial charge in [0.15, 0.2) is 0 Å². The summed E-state index contributed by atoms with van der Waals surface area (Å²) in [6, 6.07) is 7.82. The van der Waals surface area contributed by atoms with Crippen molar-refractivity contribution < 1.29 is 9.59 Å². The molecule has 1 aromatic heterocycles. The first-order valence-corrected chi connectivity index (χ1v) is 11.0. The van der Waals surface area contributed by atoms with Gasteiger partial charge in [-0.15, -0.1) is 11.3 Å². The summed E-state index contributed by atoms with van der Waals surface area (Å²) in [6.45, 7) is 4.72. The number of benzene rings is 1. The molecule has 28 heavy (non-hydrogen) atoms. The number of rotatable bonds is 6. The van der Waals surface area contributed by atoms with Crippen LogP contribution in [0.1, 0.15) is 54.2 Å². The van der Waals surface area contributed by atoms with Gasteiger partial charge in [-0.25, -0.2) is 4.98 Å². The molecular formula is C22H27N3O2S. The number of aromatic nitrogens is 1. The Morgan fingerprint density at radius 1 is 1.36 bits per heavy atom. The fourth-order valence-electron chi connectivity index (χ4n) is 4.99. The molecule has 0 spiro atoms. The van der Waals surface area contributed by atoms with Crippen molar-refractivity contribution in [2.24, 2.45) is 5.41 Å². The molecule has 2 bridgehead atoms. The Morgan fingerprint density at radius 2 is 2.21 bits per heavy atom. The highest BCUT2D eigenvalue weighted by atomic mass is 32.1. The molecule has 0 unspecified atom stereocenters. The Balaban J connectivity index is 1.66. The van der Waals surface area contributed by atoms with Crippen LogP contribution in [0.4, 0.5) is 0 Å². The minimum Gasteiger partial charge on any atom is -0.356 e. The molecule has 2 aromatic rings. The Hall–Kier alpha value is -2.21. The average molecular weight is 398 g/mol. The first-order valence-electron chi connectivity index (χ1n) is 10.1. The fraction of sp³-hybridized carbons (Fsp3) is 0.500. The molecule has 1 N–H and O–H groups in total. The molecule has 0 radical (unpaired) electrons. The number of carbonyl (C=O) groups excluding carboxylic acids is 2. The van der Waals surface area contributed by atoms with Crippen LogP contribution >= 0.6 is 11.3 Å². The van der Waals surface area contributed by atoms with E-state index in [1.165, 1.54) is 0 Å². The van der Waals surface area contributed by atoms with Crippen molar-refractivity contribution in [1.29, 1.82) is 0 Å². The average Bonchev–Trinajstić information content (AvgIpc) is 3.41. The van der Waals surface area contributed by atoms with Crippen LogP contribution in [-0.4, -0.2) is 40.3 Å². The maximum Gasteiger partial charge on any atom is 0.254 e. The maximum absolute atomic E-state index is 13.4. The van der Waals surface area contributed by atoms with Crippen LogP contribution in [0.5, 0.6) is 0 Å². The van der Waals surface area contributed by atoms with Gasteiger partial charge in [-0.3, -0.25) is 9.59 Å². The first kappa shape index (κ1) is 19.1. The van der Waals surface area contributed by atoms with Crippen molar-refractivity contribution in [3.63, 3.8) is 0 Å². The van der Waals surface area contributed by atoms with Crippen molar-refractivity contribution in [2.45, 2.75) is 58.0 Å². The van der Waals surface area contributed by atoms with Crippen LogP contribution in [-0.2, 0) is 11.2 Å². The summed E-state index contributed by atoms with van der Waals surface area (Å²) in [4.78, 5) is 33.1. The molecule has 3 heterocycles. The van der Waals surface area contributed by atoms with Gasteiger partial charge < -0.3 is 10.2 Å². The highest BCUT2D eigenvalue weighted by Crippen LogP contribution is 2.52. The summed E-state index contributed by atoms with van der Waals surface area (Å²) >= 11 is 1.55. The molecule has 2 fully saturated rings. The zero-order valence-corrected chi connectivity index (χ0v) is 17.3. The monoisotopic (exact) mass is 397 g/mol. The maximum atomic E-state index is 13.4. The molecule has 0 aliphatic carbocycles. The SMILES string of the molecule is CCCNC(=O)[C@@]1(Cc2cscn2)C[C@H]2CC[C@@H]1N2C(=O)c1cccc(C)c1. The third kappa shape index (κ3) is 3.24. The lowest BCUT2D eigenvalue weighted by Gasteiger charge is -2.35. The number of carbonyl (C=O) groups is 2. The minimum absolute atomic E-state index is 0.0552.